The number of thioether (sulfide) groups is 1. The zero-order valence-corrected chi connectivity index (χ0v) is 52.5. The van der Waals surface area contributed by atoms with Gasteiger partial charge in [0.25, 0.3) is 11.8 Å². The van der Waals surface area contributed by atoms with Crippen LogP contribution in [0, 0.1) is 17.0 Å². The lowest BCUT2D eigenvalue weighted by molar-refractivity contribution is -0.155. The van der Waals surface area contributed by atoms with Gasteiger partial charge >= 0.3 is 12.1 Å². The highest BCUT2D eigenvalue weighted by Gasteiger charge is 2.38. The summed E-state index contributed by atoms with van der Waals surface area (Å²) in [6.45, 7) is 20.3. The van der Waals surface area contributed by atoms with E-state index in [2.05, 4.69) is 40.9 Å². The molecule has 0 saturated carbocycles. The Hall–Kier alpha value is -6.51. The number of alkyl carbamates (subject to hydrolysis) is 1. The van der Waals surface area contributed by atoms with Crippen LogP contribution >= 0.6 is 11.8 Å². The van der Waals surface area contributed by atoms with Crippen molar-refractivity contribution in [2.45, 2.75) is 111 Å². The number of nitrogens with zero attached hydrogens (tertiary/aromatic N) is 3. The number of carbonyl (C=O) groups excluding carboxylic acids is 8. The molecule has 4 N–H and O–H groups in total. The number of carbonyl (C=O) groups is 8. The summed E-state index contributed by atoms with van der Waals surface area (Å²) < 4.78 is 65.1. The first-order valence-electron chi connectivity index (χ1n) is 28.6. The molecule has 2 aromatic carbocycles. The number of benzene rings is 2. The third-order valence-corrected chi connectivity index (χ3v) is 15.3. The normalized spacial score (nSPS) is 13.3. The fourth-order valence-electron chi connectivity index (χ4n) is 8.54. The Morgan fingerprint density at radius 3 is 1.93 bits per heavy atom. The van der Waals surface area contributed by atoms with Crippen molar-refractivity contribution in [2.75, 3.05) is 104 Å². The Bertz CT molecular complexity index is 2680. The average Bonchev–Trinajstić information content (AvgIpc) is 2.41. The minimum atomic E-state index is -1.46. The second-order valence-electron chi connectivity index (χ2n) is 23.4. The summed E-state index contributed by atoms with van der Waals surface area (Å²) in [5.41, 5.74) is 0.592. The Kier molecular flexibility index (Phi) is 29.9. The van der Waals surface area contributed by atoms with E-state index in [0.29, 0.717) is 30.8 Å². The molecule has 470 valence electrons. The highest BCUT2D eigenvalue weighted by atomic mass is 32.2. The largest absolute Gasteiger partial charge is 0.460 e. The van der Waals surface area contributed by atoms with E-state index in [9.17, 15) is 42.7 Å². The molecule has 2 unspecified atom stereocenters. The van der Waals surface area contributed by atoms with Gasteiger partial charge in [0.2, 0.25) is 23.6 Å². The smallest absolute Gasteiger partial charge is 0.407 e. The maximum absolute atomic E-state index is 15.5. The van der Waals surface area contributed by atoms with Gasteiger partial charge in [-0.15, -0.1) is 11.8 Å². The third kappa shape index (κ3) is 27.6. The lowest BCUT2D eigenvalue weighted by Crippen LogP contribution is -2.49. The van der Waals surface area contributed by atoms with Gasteiger partial charge in [0.1, 0.15) is 29.8 Å². The van der Waals surface area contributed by atoms with E-state index >= 15 is 4.39 Å². The van der Waals surface area contributed by atoms with Crippen LogP contribution in [0.15, 0.2) is 72.9 Å². The van der Waals surface area contributed by atoms with Gasteiger partial charge in [-0.1, -0.05) is 70.7 Å². The number of halogens is 2. The molecule has 21 nitrogen and oxygen atoms in total. The molecule has 0 fully saturated rings. The molecule has 4 rings (SSSR count). The van der Waals surface area contributed by atoms with Crippen molar-refractivity contribution in [3.8, 4) is 11.1 Å². The van der Waals surface area contributed by atoms with Crippen LogP contribution in [0.2, 0.25) is 25.7 Å². The maximum atomic E-state index is 15.5. The van der Waals surface area contributed by atoms with Gasteiger partial charge in [0, 0.05) is 88.1 Å². The predicted octanol–water partition coefficient (Wildman–Crippen LogP) is 6.42. The van der Waals surface area contributed by atoms with Gasteiger partial charge in [-0.05, 0) is 68.5 Å². The molecular weight excluding hydrogens is 1140 g/mol. The van der Waals surface area contributed by atoms with E-state index in [-0.39, 0.29) is 121 Å². The Labute approximate surface area is 503 Å². The second-order valence-corrected chi connectivity index (χ2v) is 30.0. The molecule has 25 heteroatoms. The van der Waals surface area contributed by atoms with Crippen LogP contribution in [0.4, 0.5) is 13.6 Å². The number of nitrogens with one attached hydrogen (secondary N) is 4. The Balaban J connectivity index is 1.38. The molecule has 1 aliphatic heterocycles. The molecule has 0 spiro atoms. The van der Waals surface area contributed by atoms with E-state index in [1.807, 2.05) is 55.7 Å². The number of ether oxygens (including phenoxy) is 6. The highest BCUT2D eigenvalue weighted by molar-refractivity contribution is 8.00. The van der Waals surface area contributed by atoms with E-state index in [4.69, 9.17) is 28.4 Å². The van der Waals surface area contributed by atoms with Crippen LogP contribution in [0.25, 0.3) is 11.1 Å². The molecule has 85 heavy (non-hydrogen) atoms. The summed E-state index contributed by atoms with van der Waals surface area (Å²) in [4.78, 5) is 105. The second kappa shape index (κ2) is 35.8. The summed E-state index contributed by atoms with van der Waals surface area (Å²) >= 11 is 1.12. The molecule has 1 aromatic heterocycles. The summed E-state index contributed by atoms with van der Waals surface area (Å²) in [5, 5.41) is 10.9. The van der Waals surface area contributed by atoms with E-state index in [1.165, 1.54) is 0 Å². The van der Waals surface area contributed by atoms with Crippen molar-refractivity contribution < 1.29 is 75.6 Å². The monoisotopic (exact) mass is 1230 g/mol. The Morgan fingerprint density at radius 2 is 1.33 bits per heavy atom. The van der Waals surface area contributed by atoms with Crippen LogP contribution in [0.5, 0.6) is 0 Å². The summed E-state index contributed by atoms with van der Waals surface area (Å²) in [6.07, 6.45) is 3.24. The van der Waals surface area contributed by atoms with Crippen molar-refractivity contribution in [1.29, 1.82) is 0 Å². The number of hydrogen-bond acceptors (Lipinski definition) is 15. The molecule has 7 amide bonds. The van der Waals surface area contributed by atoms with Gasteiger partial charge in [0.15, 0.2) is 0 Å². The number of amides is 7. The van der Waals surface area contributed by atoms with Crippen LogP contribution in [0.3, 0.4) is 0 Å². The van der Waals surface area contributed by atoms with Crippen molar-refractivity contribution in [2.24, 2.45) is 5.41 Å². The van der Waals surface area contributed by atoms with Crippen LogP contribution in [-0.2, 0) is 68.5 Å². The molecule has 0 radical (unpaired) electrons. The lowest BCUT2D eigenvalue weighted by Gasteiger charge is -2.41. The standard InChI is InChI=1S/C60H87F2N7O14SSi/c1-59(2,3)56(49-36-44(46-37-45(61)16-17-47(46)62)39-67(49)38-43-14-11-10-12-15-43)68(25-13-22-65-58(77)82-34-35-85(7,8)9)54(74)42-84-41-48(66-50(70)18-21-55(75)83-60(4,5)6)57(76)64-24-27-79-29-31-81-33-32-80-30-28-78-26-23-63-51(71)40-69-52(72)19-20-53(69)73/h10-12,14-17,19-20,36-37,39,48,56H,13,18,21-35,38,40-42H2,1-9H3,(H,63,71)(H,64,76)(H,65,77)(H,66,70). The average molecular weight is 1230 g/mol. The molecule has 0 aliphatic carbocycles. The summed E-state index contributed by atoms with van der Waals surface area (Å²) in [7, 11) is -1.46. The number of hydrogen-bond donors (Lipinski definition) is 4. The van der Waals surface area contributed by atoms with Crippen LogP contribution < -0.4 is 21.3 Å². The topological polar surface area (TPSA) is 251 Å². The molecule has 1 aliphatic rings. The fourth-order valence-corrected chi connectivity index (χ4v) is 10.2. The van der Waals surface area contributed by atoms with Gasteiger partial charge in [0.05, 0.1) is 77.7 Å². The van der Waals surface area contributed by atoms with Crippen molar-refractivity contribution in [3.05, 3.63) is 95.8 Å². The minimum Gasteiger partial charge on any atom is -0.460 e. The zero-order valence-electron chi connectivity index (χ0n) is 50.7. The predicted molar refractivity (Wildman–Crippen MR) is 321 cm³/mol. The Morgan fingerprint density at radius 1 is 0.718 bits per heavy atom. The SMILES string of the molecule is CC(C)(C)OC(=O)CCC(=O)NC(CSCC(=O)N(CCCNC(=O)OCC[Si](C)(C)C)C(c1cc(-c2cc(F)ccc2F)cn1Cc1ccccc1)C(C)(C)C)C(=O)NCCOCCOCCOCCOCCNC(=O)CN1C(=O)C=CC1=O. The highest BCUT2D eigenvalue weighted by Crippen LogP contribution is 2.41. The van der Waals surface area contributed by atoms with Gasteiger partial charge in [-0.3, -0.25) is 38.5 Å². The van der Waals surface area contributed by atoms with Gasteiger partial charge < -0.3 is 59.2 Å². The number of aromatic nitrogens is 1. The van der Waals surface area contributed by atoms with Crippen molar-refractivity contribution in [3.63, 3.8) is 0 Å². The van der Waals surface area contributed by atoms with Crippen molar-refractivity contribution >= 4 is 67.3 Å². The van der Waals surface area contributed by atoms with Crippen LogP contribution in [-0.4, -0.2) is 185 Å². The van der Waals surface area contributed by atoms with Crippen LogP contribution in [0.1, 0.15) is 78.1 Å². The molecule has 0 bridgehead atoms. The first-order chi connectivity index (χ1) is 40.2. The zero-order chi connectivity index (χ0) is 62.6. The number of esters is 1. The molecule has 0 saturated heterocycles. The lowest BCUT2D eigenvalue weighted by atomic mass is 9.83. The minimum absolute atomic E-state index is 0.0472. The fraction of sp³-hybridized carbons (Fsp3) is 0.567. The van der Waals surface area contributed by atoms with E-state index in [1.54, 1.807) is 37.9 Å². The molecule has 3 aromatic rings. The number of rotatable bonds is 38. The molecule has 2 atom stereocenters. The van der Waals surface area contributed by atoms with E-state index < -0.39 is 84.4 Å². The van der Waals surface area contributed by atoms with Gasteiger partial charge in [-0.2, -0.15) is 0 Å². The first-order valence-corrected chi connectivity index (χ1v) is 33.4. The molecular formula is C60H87F2N7O14SSi. The first kappa shape index (κ1) is 71.0. The maximum Gasteiger partial charge on any atom is 0.407 e. The third-order valence-electron chi connectivity index (χ3n) is 12.6. The van der Waals surface area contributed by atoms with Gasteiger partial charge in [-0.25, -0.2) is 13.6 Å². The quantitative estimate of drug-likeness (QED) is 0.0209. The summed E-state index contributed by atoms with van der Waals surface area (Å²) in [5.74, 6) is -5.03. The van der Waals surface area contributed by atoms with Crippen molar-refractivity contribution in [1.82, 2.24) is 35.6 Å². The molecule has 2 heterocycles. The summed E-state index contributed by atoms with van der Waals surface area (Å²) in [6, 6.07) is 13.6. The van der Waals surface area contributed by atoms with E-state index in [0.717, 1.165) is 58.6 Å². The number of imide groups is 1.